The highest BCUT2D eigenvalue weighted by molar-refractivity contribution is 5.70. The van der Waals surface area contributed by atoms with Gasteiger partial charge in [-0.15, -0.1) is 0 Å². The van der Waals surface area contributed by atoms with Crippen molar-refractivity contribution in [1.29, 1.82) is 0 Å². The van der Waals surface area contributed by atoms with Crippen LogP contribution in [0, 0.1) is 11.8 Å². The second-order valence-electron chi connectivity index (χ2n) is 11.9. The fraction of sp³-hybridized carbons (Fsp3) is 0.594. The molecule has 4 heterocycles. The molecular weight excluding hydrogens is 506 g/mol. The maximum atomic E-state index is 13.2. The number of nitrogens with zero attached hydrogens (tertiary/aromatic N) is 3. The molecule has 8 nitrogen and oxygen atoms in total. The zero-order chi connectivity index (χ0) is 28.8. The van der Waals surface area contributed by atoms with Crippen molar-refractivity contribution >= 4 is 12.1 Å². The number of hydrogen-bond acceptors (Lipinski definition) is 7. The molecule has 0 saturated carbocycles. The molecule has 0 aromatic carbocycles. The summed E-state index contributed by atoms with van der Waals surface area (Å²) in [4.78, 5) is 34.5. The number of amides is 1. The lowest BCUT2D eigenvalue weighted by atomic mass is 9.92. The highest BCUT2D eigenvalue weighted by Gasteiger charge is 2.44. The van der Waals surface area contributed by atoms with E-state index in [1.807, 2.05) is 68.2 Å². The van der Waals surface area contributed by atoms with E-state index in [4.69, 9.17) is 9.47 Å². The fourth-order valence-electron chi connectivity index (χ4n) is 5.94. The zero-order valence-corrected chi connectivity index (χ0v) is 24.5. The number of rotatable bonds is 5. The molecule has 40 heavy (non-hydrogen) atoms. The Bertz CT molecular complexity index is 1100. The maximum absolute atomic E-state index is 13.2. The van der Waals surface area contributed by atoms with E-state index in [9.17, 15) is 14.7 Å². The van der Waals surface area contributed by atoms with Gasteiger partial charge in [-0.3, -0.25) is 14.7 Å². The van der Waals surface area contributed by atoms with Gasteiger partial charge >= 0.3 is 12.1 Å². The quantitative estimate of drug-likeness (QED) is 0.317. The number of likely N-dealkylation sites (tertiary alicyclic amines) is 2. The Kier molecular flexibility index (Phi) is 10.2. The van der Waals surface area contributed by atoms with Crippen molar-refractivity contribution in [2.45, 2.75) is 89.7 Å². The van der Waals surface area contributed by atoms with Crippen molar-refractivity contribution in [3.63, 3.8) is 0 Å². The van der Waals surface area contributed by atoms with Crippen molar-refractivity contribution in [3.05, 3.63) is 66.0 Å². The molecule has 1 aromatic rings. The number of likely N-dealkylation sites (N-methyl/N-ethyl adjacent to an activating group) is 1. The van der Waals surface area contributed by atoms with Crippen LogP contribution in [0.25, 0.3) is 0 Å². The largest absolute Gasteiger partial charge is 0.457 e. The summed E-state index contributed by atoms with van der Waals surface area (Å²) in [7, 11) is 2.11. The Hall–Kier alpha value is -2.97. The molecule has 3 aliphatic rings. The van der Waals surface area contributed by atoms with Crippen LogP contribution in [0.5, 0.6) is 0 Å². The van der Waals surface area contributed by atoms with Gasteiger partial charge in [0.1, 0.15) is 12.2 Å². The Balaban J connectivity index is 1.49. The summed E-state index contributed by atoms with van der Waals surface area (Å²) in [5.74, 6) is -0.448. The molecule has 0 radical (unpaired) electrons. The van der Waals surface area contributed by atoms with Gasteiger partial charge < -0.3 is 19.5 Å². The van der Waals surface area contributed by atoms with E-state index in [2.05, 4.69) is 29.9 Å². The topological polar surface area (TPSA) is 92.2 Å². The molecule has 0 spiro atoms. The minimum atomic E-state index is -0.807. The number of cyclic esters (lactones) is 1. The van der Waals surface area contributed by atoms with Crippen LogP contribution < -0.4 is 0 Å². The number of pyridine rings is 1. The number of aliphatic hydroxyl groups excluding tert-OH is 1. The van der Waals surface area contributed by atoms with Crippen LogP contribution in [0.4, 0.5) is 4.79 Å². The summed E-state index contributed by atoms with van der Waals surface area (Å²) in [6.07, 6.45) is 11.7. The number of aliphatic hydroxyl groups is 1. The van der Waals surface area contributed by atoms with Crippen molar-refractivity contribution in [1.82, 2.24) is 14.8 Å². The molecule has 0 aliphatic carbocycles. The number of piperazine rings is 1. The predicted molar refractivity (Wildman–Crippen MR) is 155 cm³/mol. The smallest absolute Gasteiger partial charge is 0.410 e. The normalized spacial score (nSPS) is 33.8. The monoisotopic (exact) mass is 551 g/mol. The molecule has 1 N–H and O–H groups in total. The first-order chi connectivity index (χ1) is 19.1. The van der Waals surface area contributed by atoms with Crippen LogP contribution in [0.3, 0.4) is 0 Å². The molecule has 1 aromatic heterocycles. The van der Waals surface area contributed by atoms with Gasteiger partial charge in [0.05, 0.1) is 12.5 Å². The minimum absolute atomic E-state index is 0.00827. The second-order valence-corrected chi connectivity index (χ2v) is 11.9. The molecule has 8 atom stereocenters. The third-order valence-corrected chi connectivity index (χ3v) is 8.61. The van der Waals surface area contributed by atoms with Gasteiger partial charge in [-0.05, 0) is 62.9 Å². The van der Waals surface area contributed by atoms with Crippen LogP contribution in [-0.2, 0) is 14.3 Å². The molecule has 2 saturated heterocycles. The maximum Gasteiger partial charge on any atom is 0.410 e. The first-order valence-electron chi connectivity index (χ1n) is 14.6. The van der Waals surface area contributed by atoms with Crippen molar-refractivity contribution in [2.24, 2.45) is 11.8 Å². The number of allylic oxidation sites excluding steroid dienone is 3. The zero-order valence-electron chi connectivity index (χ0n) is 24.5. The van der Waals surface area contributed by atoms with Gasteiger partial charge in [0.25, 0.3) is 0 Å². The molecular formula is C32H45N3O5. The molecule has 4 rings (SSSR count). The summed E-state index contributed by atoms with van der Waals surface area (Å²) < 4.78 is 12.0. The summed E-state index contributed by atoms with van der Waals surface area (Å²) in [5, 5.41) is 10.5. The summed E-state index contributed by atoms with van der Waals surface area (Å²) >= 11 is 0. The second kappa shape index (κ2) is 13.6. The molecule has 2 bridgehead atoms. The van der Waals surface area contributed by atoms with Crippen molar-refractivity contribution in [3.8, 4) is 0 Å². The van der Waals surface area contributed by atoms with Crippen LogP contribution in [-0.4, -0.2) is 82.5 Å². The van der Waals surface area contributed by atoms with Gasteiger partial charge in [0.15, 0.2) is 0 Å². The number of ether oxygens (including phenoxy) is 2. The average Bonchev–Trinajstić information content (AvgIpc) is 3.52. The van der Waals surface area contributed by atoms with Gasteiger partial charge in [0, 0.05) is 48.9 Å². The van der Waals surface area contributed by atoms with E-state index in [1.165, 1.54) is 0 Å². The molecule has 1 amide bonds. The van der Waals surface area contributed by atoms with Crippen LogP contribution in [0.1, 0.15) is 65.0 Å². The Morgan fingerprint density at radius 3 is 2.67 bits per heavy atom. The Labute approximate surface area is 238 Å². The van der Waals surface area contributed by atoms with Gasteiger partial charge in [-0.25, -0.2) is 4.79 Å². The van der Waals surface area contributed by atoms with Crippen LogP contribution in [0.15, 0.2) is 60.3 Å². The lowest BCUT2D eigenvalue weighted by molar-refractivity contribution is -0.151. The van der Waals surface area contributed by atoms with Crippen molar-refractivity contribution < 1.29 is 24.2 Å². The minimum Gasteiger partial charge on any atom is -0.457 e. The lowest BCUT2D eigenvalue weighted by Crippen LogP contribution is -2.48. The molecule has 2 fully saturated rings. The molecule has 3 aliphatic heterocycles. The Morgan fingerprint density at radius 2 is 2.00 bits per heavy atom. The molecule has 8 heteroatoms. The van der Waals surface area contributed by atoms with Gasteiger partial charge in [-0.2, -0.15) is 0 Å². The highest BCUT2D eigenvalue weighted by atomic mass is 16.6. The van der Waals surface area contributed by atoms with Crippen molar-refractivity contribution in [2.75, 3.05) is 20.1 Å². The summed E-state index contributed by atoms with van der Waals surface area (Å²) in [5.41, 5.74) is 1.87. The summed E-state index contributed by atoms with van der Waals surface area (Å²) in [6.45, 7) is 9.64. The van der Waals surface area contributed by atoms with E-state index in [-0.39, 0.29) is 36.3 Å². The van der Waals surface area contributed by atoms with E-state index in [0.717, 1.165) is 24.2 Å². The molecule has 0 unspecified atom stereocenters. The third-order valence-electron chi connectivity index (χ3n) is 8.61. The predicted octanol–water partition coefficient (Wildman–Crippen LogP) is 4.87. The van der Waals surface area contributed by atoms with E-state index in [1.54, 1.807) is 6.20 Å². The Morgan fingerprint density at radius 1 is 1.20 bits per heavy atom. The lowest BCUT2D eigenvalue weighted by Gasteiger charge is -2.33. The standard InChI is InChI=1S/C32H45N3O5/c1-21(28-11-6-7-16-33-28)9-8-10-23(3)31-24(4)13-15-29(22(2)12-14-27(36)18-30(37)40-31)39-32(38)35-20-25-17-26(35)19-34(25)5/h6-11,13,15-16,21-22,24-27,29,31,36H,12,14,17-20H2,1-5H3/b9-8+,15-13+,23-10+/t21-,22+,24+,25-,26+,27-,29+,31-/m1/s1. The van der Waals surface area contributed by atoms with Crippen LogP contribution >= 0.6 is 0 Å². The first kappa shape index (κ1) is 30.0. The number of esters is 1. The number of carbonyl (C=O) groups is 2. The number of aromatic nitrogens is 1. The number of hydrogen-bond donors (Lipinski definition) is 1. The average molecular weight is 552 g/mol. The summed E-state index contributed by atoms with van der Waals surface area (Å²) in [6, 6.07) is 6.48. The van der Waals surface area contributed by atoms with Crippen LogP contribution in [0.2, 0.25) is 0 Å². The van der Waals surface area contributed by atoms with Gasteiger partial charge in [-0.1, -0.05) is 51.1 Å². The first-order valence-corrected chi connectivity index (χ1v) is 14.6. The SMILES string of the molecule is C/C(=C\C=C\[C@@H](C)c1ccccn1)[C@H]1OC(=O)C[C@H](O)CC[C@H](C)[C@@H](OC(=O)N2C[C@H]3C[C@H]2CN3C)/C=C/[C@@H]1C. The number of fused-ring (bicyclic) bond motifs is 2. The number of carbonyl (C=O) groups excluding carboxylic acids is 2. The van der Waals surface area contributed by atoms with E-state index in [0.29, 0.717) is 25.4 Å². The van der Waals surface area contributed by atoms with E-state index < -0.39 is 24.3 Å². The fourth-order valence-corrected chi connectivity index (χ4v) is 5.94. The highest BCUT2D eigenvalue weighted by Crippen LogP contribution is 2.31. The van der Waals surface area contributed by atoms with Gasteiger partial charge in [0.2, 0.25) is 0 Å². The molecule has 218 valence electrons. The van der Waals surface area contributed by atoms with E-state index >= 15 is 0 Å². The third kappa shape index (κ3) is 7.61.